The first-order chi connectivity index (χ1) is 10.8. The topological polar surface area (TPSA) is 51.9 Å². The molecule has 2 aromatic rings. The van der Waals surface area contributed by atoms with Crippen LogP contribution in [0, 0.1) is 0 Å². The Morgan fingerprint density at radius 2 is 2.09 bits per heavy atom. The number of nitrogens with zero attached hydrogens (tertiary/aromatic N) is 1. The third-order valence-electron chi connectivity index (χ3n) is 3.73. The maximum atomic E-state index is 12.4. The number of carbonyl (C=O) groups excluding carboxylic acids is 1. The Morgan fingerprint density at radius 3 is 2.82 bits per heavy atom. The van der Waals surface area contributed by atoms with Crippen molar-refractivity contribution in [2.45, 2.75) is 12.5 Å². The quantitative estimate of drug-likeness (QED) is 0.870. The van der Waals surface area contributed by atoms with Gasteiger partial charge in [0, 0.05) is 25.6 Å². The fourth-order valence-corrected chi connectivity index (χ4v) is 2.60. The number of carbonyl (C=O) groups is 1. The molecule has 0 saturated carbocycles. The molecule has 22 heavy (non-hydrogen) atoms. The van der Waals surface area contributed by atoms with E-state index in [1.54, 1.807) is 17.0 Å². The van der Waals surface area contributed by atoms with Gasteiger partial charge in [0.05, 0.1) is 19.8 Å². The zero-order valence-electron chi connectivity index (χ0n) is 12.5. The van der Waals surface area contributed by atoms with Gasteiger partial charge in [-0.1, -0.05) is 30.3 Å². The third kappa shape index (κ3) is 3.31. The first-order valence-electron chi connectivity index (χ1n) is 7.35. The number of morpholine rings is 1. The lowest BCUT2D eigenvalue weighted by molar-refractivity contribution is -0.0218. The Balaban J connectivity index is 1.63. The molecule has 1 aromatic carbocycles. The number of amides is 1. The lowest BCUT2D eigenvalue weighted by Crippen LogP contribution is -2.46. The van der Waals surface area contributed by atoms with E-state index in [0.717, 1.165) is 6.42 Å². The van der Waals surface area contributed by atoms with E-state index in [1.807, 2.05) is 18.2 Å². The van der Waals surface area contributed by atoms with Crippen LogP contribution in [0.15, 0.2) is 46.9 Å². The highest BCUT2D eigenvalue weighted by molar-refractivity contribution is 5.91. The van der Waals surface area contributed by atoms with E-state index in [2.05, 4.69) is 12.1 Å². The molecule has 0 N–H and O–H groups in total. The molecule has 0 spiro atoms. The summed E-state index contributed by atoms with van der Waals surface area (Å²) < 4.78 is 16.1. The maximum Gasteiger partial charge on any atom is 0.289 e. The molecular formula is C17H19NO4. The molecule has 1 fully saturated rings. The normalized spacial score (nSPS) is 18.2. The van der Waals surface area contributed by atoms with Crippen LogP contribution in [0.4, 0.5) is 0 Å². The van der Waals surface area contributed by atoms with Gasteiger partial charge in [-0.3, -0.25) is 4.79 Å². The van der Waals surface area contributed by atoms with Crippen LogP contribution >= 0.6 is 0 Å². The van der Waals surface area contributed by atoms with Gasteiger partial charge in [-0.05, 0) is 11.6 Å². The Bertz CT molecular complexity index is 623. The summed E-state index contributed by atoms with van der Waals surface area (Å²) in [5.74, 6) is 0.527. The first kappa shape index (κ1) is 14.7. The molecule has 1 aliphatic rings. The predicted molar refractivity (Wildman–Crippen MR) is 81.0 cm³/mol. The minimum atomic E-state index is -0.121. The lowest BCUT2D eigenvalue weighted by Gasteiger charge is -2.32. The summed E-state index contributed by atoms with van der Waals surface area (Å²) in [4.78, 5) is 14.2. The molecule has 1 aromatic heterocycles. The molecule has 3 rings (SSSR count). The van der Waals surface area contributed by atoms with Crippen LogP contribution in [0.1, 0.15) is 16.1 Å². The number of benzene rings is 1. The maximum absolute atomic E-state index is 12.4. The number of rotatable bonds is 4. The van der Waals surface area contributed by atoms with Crippen LogP contribution < -0.4 is 4.74 Å². The van der Waals surface area contributed by atoms with E-state index in [4.69, 9.17) is 13.9 Å². The zero-order chi connectivity index (χ0) is 15.4. The van der Waals surface area contributed by atoms with Gasteiger partial charge in [-0.2, -0.15) is 0 Å². The summed E-state index contributed by atoms with van der Waals surface area (Å²) in [7, 11) is 1.51. The van der Waals surface area contributed by atoms with Gasteiger partial charge in [0.1, 0.15) is 0 Å². The molecule has 0 bridgehead atoms. The molecule has 5 nitrogen and oxygen atoms in total. The zero-order valence-corrected chi connectivity index (χ0v) is 12.5. The largest absolute Gasteiger partial charge is 0.468 e. The number of ether oxygens (including phenoxy) is 2. The van der Waals surface area contributed by atoms with Crippen LogP contribution in [0.3, 0.4) is 0 Å². The molecule has 0 aliphatic carbocycles. The van der Waals surface area contributed by atoms with Crippen molar-refractivity contribution in [2.75, 3.05) is 26.8 Å². The van der Waals surface area contributed by atoms with Gasteiger partial charge >= 0.3 is 0 Å². The molecule has 1 saturated heterocycles. The molecule has 1 amide bonds. The summed E-state index contributed by atoms with van der Waals surface area (Å²) in [5, 5.41) is 0. The molecular weight excluding hydrogens is 282 g/mol. The number of furan rings is 1. The Kier molecular flexibility index (Phi) is 4.44. The van der Waals surface area contributed by atoms with Crippen LogP contribution in [0.25, 0.3) is 0 Å². The minimum absolute atomic E-state index is 0.0111. The van der Waals surface area contributed by atoms with Gasteiger partial charge in [0.2, 0.25) is 0 Å². The van der Waals surface area contributed by atoms with Crippen molar-refractivity contribution in [3.8, 4) is 5.95 Å². The van der Waals surface area contributed by atoms with E-state index in [0.29, 0.717) is 31.4 Å². The van der Waals surface area contributed by atoms with Crippen LogP contribution in [0.5, 0.6) is 5.95 Å². The second-order valence-corrected chi connectivity index (χ2v) is 5.26. The van der Waals surface area contributed by atoms with E-state index >= 15 is 0 Å². The van der Waals surface area contributed by atoms with Gasteiger partial charge < -0.3 is 18.8 Å². The Hall–Kier alpha value is -2.27. The summed E-state index contributed by atoms with van der Waals surface area (Å²) in [6.45, 7) is 1.69. The molecule has 1 unspecified atom stereocenters. The fraction of sp³-hybridized carbons (Fsp3) is 0.353. The van der Waals surface area contributed by atoms with Crippen molar-refractivity contribution in [1.29, 1.82) is 0 Å². The first-order valence-corrected chi connectivity index (χ1v) is 7.35. The third-order valence-corrected chi connectivity index (χ3v) is 3.73. The summed E-state index contributed by atoms with van der Waals surface area (Å²) in [5.41, 5.74) is 1.21. The molecule has 0 radical (unpaired) electrons. The molecule has 2 heterocycles. The van der Waals surface area contributed by atoms with Crippen molar-refractivity contribution < 1.29 is 18.7 Å². The highest BCUT2D eigenvalue weighted by atomic mass is 16.6. The highest BCUT2D eigenvalue weighted by Gasteiger charge is 2.27. The average Bonchev–Trinajstić information content (AvgIpc) is 3.04. The summed E-state index contributed by atoms with van der Waals surface area (Å²) in [6, 6.07) is 13.4. The number of methoxy groups -OCH3 is 1. The average molecular weight is 301 g/mol. The standard InChI is InChI=1S/C17H19NO4/c1-20-16-8-7-15(22-16)17(19)18-9-10-21-14(12-18)11-13-5-3-2-4-6-13/h2-8,14H,9-12H2,1H3. The molecule has 1 atom stereocenters. The Morgan fingerprint density at radius 1 is 1.27 bits per heavy atom. The predicted octanol–water partition coefficient (Wildman–Crippen LogP) is 2.37. The second kappa shape index (κ2) is 6.66. The van der Waals surface area contributed by atoms with Crippen molar-refractivity contribution in [3.05, 3.63) is 53.8 Å². The molecule has 5 heteroatoms. The van der Waals surface area contributed by atoms with Gasteiger partial charge in [0.15, 0.2) is 5.76 Å². The van der Waals surface area contributed by atoms with Crippen molar-refractivity contribution >= 4 is 5.91 Å². The Labute approximate surface area is 129 Å². The van der Waals surface area contributed by atoms with Gasteiger partial charge in [-0.25, -0.2) is 0 Å². The van der Waals surface area contributed by atoms with Crippen molar-refractivity contribution in [1.82, 2.24) is 4.90 Å². The fourth-order valence-electron chi connectivity index (χ4n) is 2.60. The van der Waals surface area contributed by atoms with E-state index in [9.17, 15) is 4.79 Å². The van der Waals surface area contributed by atoms with Gasteiger partial charge in [-0.15, -0.1) is 0 Å². The second-order valence-electron chi connectivity index (χ2n) is 5.26. The highest BCUT2D eigenvalue weighted by Crippen LogP contribution is 2.19. The smallest absolute Gasteiger partial charge is 0.289 e. The number of hydrogen-bond donors (Lipinski definition) is 0. The van der Waals surface area contributed by atoms with Crippen LogP contribution in [-0.2, 0) is 11.2 Å². The molecule has 1 aliphatic heterocycles. The molecule has 116 valence electrons. The lowest BCUT2D eigenvalue weighted by atomic mass is 10.1. The summed E-state index contributed by atoms with van der Waals surface area (Å²) in [6.07, 6.45) is 0.809. The van der Waals surface area contributed by atoms with Crippen LogP contribution in [-0.4, -0.2) is 43.7 Å². The van der Waals surface area contributed by atoms with E-state index in [-0.39, 0.29) is 12.0 Å². The van der Waals surface area contributed by atoms with Gasteiger partial charge in [0.25, 0.3) is 11.9 Å². The number of hydrogen-bond acceptors (Lipinski definition) is 4. The van der Waals surface area contributed by atoms with Crippen LogP contribution in [0.2, 0.25) is 0 Å². The SMILES string of the molecule is COc1ccc(C(=O)N2CCOC(Cc3ccccc3)C2)o1. The van der Waals surface area contributed by atoms with E-state index < -0.39 is 0 Å². The van der Waals surface area contributed by atoms with Crippen molar-refractivity contribution in [3.63, 3.8) is 0 Å². The van der Waals surface area contributed by atoms with E-state index in [1.165, 1.54) is 12.7 Å². The van der Waals surface area contributed by atoms with Crippen molar-refractivity contribution in [2.24, 2.45) is 0 Å². The monoisotopic (exact) mass is 301 g/mol. The summed E-state index contributed by atoms with van der Waals surface area (Å²) >= 11 is 0. The minimum Gasteiger partial charge on any atom is -0.468 e.